The molecule has 5 heteroatoms. The third-order valence-electron chi connectivity index (χ3n) is 3.05. The largest absolute Gasteiger partial charge is 0.343 e. The molecular weight excluding hydrogens is 355 g/mol. The molecule has 0 saturated carbocycles. The first-order chi connectivity index (χ1) is 8.99. The van der Waals surface area contributed by atoms with Crippen LogP contribution in [0.3, 0.4) is 0 Å². The van der Waals surface area contributed by atoms with Gasteiger partial charge in [0.15, 0.2) is 0 Å². The van der Waals surface area contributed by atoms with E-state index < -0.39 is 6.04 Å². The summed E-state index contributed by atoms with van der Waals surface area (Å²) in [5.41, 5.74) is 0.816. The van der Waals surface area contributed by atoms with E-state index in [1.54, 1.807) is 4.90 Å². The highest BCUT2D eigenvalue weighted by Gasteiger charge is 2.34. The fourth-order valence-corrected chi connectivity index (χ4v) is 2.90. The minimum absolute atomic E-state index is 0.0163. The summed E-state index contributed by atoms with van der Waals surface area (Å²) in [4.78, 5) is 25.8. The Labute approximate surface area is 126 Å². The first-order valence-electron chi connectivity index (χ1n) is 6.34. The highest BCUT2D eigenvalue weighted by Crippen LogP contribution is 2.25. The number of carbonyl (C=O) groups is 2. The summed E-state index contributed by atoms with van der Waals surface area (Å²) in [6, 6.07) is 7.22. The van der Waals surface area contributed by atoms with Crippen LogP contribution in [0.2, 0.25) is 0 Å². The van der Waals surface area contributed by atoms with Gasteiger partial charge in [0.2, 0.25) is 11.8 Å². The van der Waals surface area contributed by atoms with Crippen LogP contribution in [0, 0.1) is 9.49 Å². The number of para-hydroxylation sites is 1. The quantitative estimate of drug-likeness (QED) is 0.827. The van der Waals surface area contributed by atoms with Gasteiger partial charge in [-0.15, -0.1) is 0 Å². The Hall–Kier alpha value is -1.11. The molecule has 1 aromatic carbocycles. The van der Waals surface area contributed by atoms with Crippen molar-refractivity contribution in [2.24, 2.45) is 5.92 Å². The molecule has 1 aromatic rings. The number of rotatable bonds is 3. The molecule has 2 amide bonds. The monoisotopic (exact) mass is 372 g/mol. The molecule has 1 unspecified atom stereocenters. The molecule has 0 spiro atoms. The predicted molar refractivity (Wildman–Crippen MR) is 82.9 cm³/mol. The third kappa shape index (κ3) is 3.26. The van der Waals surface area contributed by atoms with Crippen LogP contribution < -0.4 is 10.2 Å². The maximum Gasteiger partial charge on any atom is 0.250 e. The second-order valence-electron chi connectivity index (χ2n) is 5.13. The lowest BCUT2D eigenvalue weighted by atomic mass is 10.0. The number of hydrogen-bond acceptors (Lipinski definition) is 2. The highest BCUT2D eigenvalue weighted by atomic mass is 127. The first-order valence-corrected chi connectivity index (χ1v) is 7.42. The van der Waals surface area contributed by atoms with Gasteiger partial charge in [0.05, 0.1) is 5.69 Å². The Balaban J connectivity index is 2.27. The van der Waals surface area contributed by atoms with Crippen LogP contribution in [0.1, 0.15) is 20.3 Å². The van der Waals surface area contributed by atoms with E-state index >= 15 is 0 Å². The second kappa shape index (κ2) is 5.90. The van der Waals surface area contributed by atoms with E-state index in [9.17, 15) is 9.59 Å². The van der Waals surface area contributed by atoms with Crippen molar-refractivity contribution in [2.75, 3.05) is 11.4 Å². The average Bonchev–Trinajstić information content (AvgIpc) is 2.33. The Bertz CT molecular complexity index is 502. The highest BCUT2D eigenvalue weighted by molar-refractivity contribution is 14.1. The summed E-state index contributed by atoms with van der Waals surface area (Å²) in [6.45, 7) is 4.20. The van der Waals surface area contributed by atoms with Gasteiger partial charge in [0, 0.05) is 3.57 Å². The zero-order chi connectivity index (χ0) is 14.0. The number of halogens is 1. The van der Waals surface area contributed by atoms with E-state index in [0.717, 1.165) is 9.26 Å². The lowest BCUT2D eigenvalue weighted by molar-refractivity contribution is -0.131. The maximum absolute atomic E-state index is 12.5. The van der Waals surface area contributed by atoms with Gasteiger partial charge in [0.1, 0.15) is 12.6 Å². The summed E-state index contributed by atoms with van der Waals surface area (Å²) in [5.74, 6) is 0.256. The van der Waals surface area contributed by atoms with E-state index in [2.05, 4.69) is 27.9 Å². The van der Waals surface area contributed by atoms with Gasteiger partial charge in [0.25, 0.3) is 0 Å². The number of amides is 2. The van der Waals surface area contributed by atoms with Crippen molar-refractivity contribution in [3.8, 4) is 0 Å². The fourth-order valence-electron chi connectivity index (χ4n) is 2.22. The summed E-state index contributed by atoms with van der Waals surface area (Å²) in [5, 5.41) is 2.78. The molecule has 0 bridgehead atoms. The predicted octanol–water partition coefficient (Wildman–Crippen LogP) is 2.17. The number of carbonyl (C=O) groups excluding carboxylic acids is 2. The number of piperazine rings is 1. The molecule has 4 nitrogen and oxygen atoms in total. The molecule has 1 heterocycles. The molecule has 0 aliphatic carbocycles. The molecule has 19 heavy (non-hydrogen) atoms. The van der Waals surface area contributed by atoms with Gasteiger partial charge in [-0.1, -0.05) is 26.0 Å². The summed E-state index contributed by atoms with van der Waals surface area (Å²) < 4.78 is 0.978. The van der Waals surface area contributed by atoms with Crippen LogP contribution in [0.5, 0.6) is 0 Å². The number of nitrogens with one attached hydrogen (secondary N) is 1. The molecule has 1 aliphatic heterocycles. The van der Waals surface area contributed by atoms with Crippen molar-refractivity contribution >= 4 is 40.1 Å². The van der Waals surface area contributed by atoms with Crippen LogP contribution in [0.15, 0.2) is 24.3 Å². The van der Waals surface area contributed by atoms with Gasteiger partial charge in [-0.3, -0.25) is 9.59 Å². The Morgan fingerprint density at radius 3 is 2.68 bits per heavy atom. The van der Waals surface area contributed by atoms with Gasteiger partial charge in [-0.05, 0) is 47.1 Å². The Morgan fingerprint density at radius 1 is 1.37 bits per heavy atom. The van der Waals surface area contributed by atoms with Crippen molar-refractivity contribution < 1.29 is 9.59 Å². The molecule has 0 aromatic heterocycles. The van der Waals surface area contributed by atoms with Crippen LogP contribution >= 0.6 is 22.6 Å². The summed E-state index contributed by atoms with van der Waals surface area (Å²) in [7, 11) is 0. The lowest BCUT2D eigenvalue weighted by Crippen LogP contribution is -2.58. The summed E-state index contributed by atoms with van der Waals surface area (Å²) in [6.07, 6.45) is 0.671. The fraction of sp³-hybridized carbons (Fsp3) is 0.429. The molecule has 1 aliphatic rings. The van der Waals surface area contributed by atoms with Crippen LogP contribution in [0.4, 0.5) is 5.69 Å². The van der Waals surface area contributed by atoms with E-state index in [0.29, 0.717) is 12.3 Å². The van der Waals surface area contributed by atoms with Crippen LogP contribution in [0.25, 0.3) is 0 Å². The van der Waals surface area contributed by atoms with Crippen molar-refractivity contribution in [3.63, 3.8) is 0 Å². The van der Waals surface area contributed by atoms with E-state index in [-0.39, 0.29) is 18.4 Å². The Morgan fingerprint density at radius 2 is 2.05 bits per heavy atom. The van der Waals surface area contributed by atoms with Gasteiger partial charge >= 0.3 is 0 Å². The first kappa shape index (κ1) is 14.3. The third-order valence-corrected chi connectivity index (χ3v) is 3.96. The van der Waals surface area contributed by atoms with Crippen LogP contribution in [-0.2, 0) is 9.59 Å². The van der Waals surface area contributed by atoms with Gasteiger partial charge in [-0.25, -0.2) is 0 Å². The molecule has 102 valence electrons. The van der Waals surface area contributed by atoms with Gasteiger partial charge < -0.3 is 10.2 Å². The topological polar surface area (TPSA) is 49.4 Å². The van der Waals surface area contributed by atoms with Crippen molar-refractivity contribution in [1.29, 1.82) is 0 Å². The number of anilines is 1. The molecule has 1 fully saturated rings. The van der Waals surface area contributed by atoms with Crippen molar-refractivity contribution in [3.05, 3.63) is 27.8 Å². The zero-order valence-corrected chi connectivity index (χ0v) is 13.2. The average molecular weight is 372 g/mol. The lowest BCUT2D eigenvalue weighted by Gasteiger charge is -2.33. The number of benzene rings is 1. The maximum atomic E-state index is 12.5. The second-order valence-corrected chi connectivity index (χ2v) is 6.29. The summed E-state index contributed by atoms with van der Waals surface area (Å²) >= 11 is 2.19. The number of hydrogen-bond donors (Lipinski definition) is 1. The normalized spacial score (nSPS) is 19.8. The van der Waals surface area contributed by atoms with E-state index in [4.69, 9.17) is 0 Å². The minimum atomic E-state index is -0.405. The standard InChI is InChI=1S/C14H17IN2O2/c1-9(2)7-11-14(19)17(8-13(18)16-11)12-6-4-3-5-10(12)15/h3-6,9,11H,7-8H2,1-2H3,(H,16,18). The van der Waals surface area contributed by atoms with Crippen molar-refractivity contribution in [1.82, 2.24) is 5.32 Å². The SMILES string of the molecule is CC(C)CC1NC(=O)CN(c2ccccc2I)C1=O. The molecule has 0 radical (unpaired) electrons. The molecule has 1 saturated heterocycles. The van der Waals surface area contributed by atoms with E-state index in [1.807, 2.05) is 38.1 Å². The Kier molecular flexibility index (Phi) is 4.44. The number of nitrogens with zero attached hydrogens (tertiary/aromatic N) is 1. The minimum Gasteiger partial charge on any atom is -0.343 e. The van der Waals surface area contributed by atoms with E-state index in [1.165, 1.54) is 0 Å². The molecule has 2 rings (SSSR count). The molecule has 1 N–H and O–H groups in total. The molecule has 1 atom stereocenters. The zero-order valence-electron chi connectivity index (χ0n) is 11.0. The molecular formula is C14H17IN2O2. The van der Waals surface area contributed by atoms with Crippen LogP contribution in [-0.4, -0.2) is 24.4 Å². The van der Waals surface area contributed by atoms with Crippen molar-refractivity contribution in [2.45, 2.75) is 26.3 Å². The van der Waals surface area contributed by atoms with Gasteiger partial charge in [-0.2, -0.15) is 0 Å². The smallest absolute Gasteiger partial charge is 0.250 e.